The summed E-state index contributed by atoms with van der Waals surface area (Å²) >= 11 is 3.07. The zero-order valence-electron chi connectivity index (χ0n) is 12.9. The van der Waals surface area contributed by atoms with Crippen molar-refractivity contribution in [3.63, 3.8) is 0 Å². The molecule has 0 aromatic carbocycles. The number of aryl methyl sites for hydroxylation is 1. The van der Waals surface area contributed by atoms with E-state index in [0.717, 1.165) is 48.1 Å². The summed E-state index contributed by atoms with van der Waals surface area (Å²) < 4.78 is 5.71. The third kappa shape index (κ3) is 3.39. The van der Waals surface area contributed by atoms with Crippen LogP contribution in [-0.2, 0) is 4.74 Å². The molecule has 0 amide bonds. The minimum Gasteiger partial charge on any atom is -0.457 e. The van der Waals surface area contributed by atoms with Crippen LogP contribution in [0.4, 0.5) is 0 Å². The van der Waals surface area contributed by atoms with Crippen LogP contribution in [-0.4, -0.2) is 41.6 Å². The summed E-state index contributed by atoms with van der Waals surface area (Å²) in [5, 5.41) is 2.92. The molecule has 2 aromatic heterocycles. The van der Waals surface area contributed by atoms with Crippen molar-refractivity contribution in [2.75, 3.05) is 19.6 Å². The number of thiazole rings is 1. The van der Waals surface area contributed by atoms with Crippen LogP contribution < -0.4 is 0 Å². The van der Waals surface area contributed by atoms with E-state index in [4.69, 9.17) is 4.74 Å². The highest BCUT2D eigenvalue weighted by Crippen LogP contribution is 2.31. The van der Waals surface area contributed by atoms with E-state index in [1.54, 1.807) is 11.3 Å². The molecule has 4 nitrogen and oxygen atoms in total. The predicted octanol–water partition coefficient (Wildman–Crippen LogP) is 3.82. The fourth-order valence-corrected chi connectivity index (χ4v) is 4.44. The smallest absolute Gasteiger partial charge is 0.350 e. The lowest BCUT2D eigenvalue weighted by Crippen LogP contribution is -2.40. The number of carbonyl (C=O) groups excluding carboxylic acids is 1. The molecule has 3 heterocycles. The molecule has 6 heteroatoms. The number of piperidine rings is 1. The first-order valence-electron chi connectivity index (χ1n) is 7.62. The van der Waals surface area contributed by atoms with Gasteiger partial charge in [-0.3, -0.25) is 4.90 Å². The number of rotatable bonds is 4. The van der Waals surface area contributed by atoms with Gasteiger partial charge in [-0.15, -0.1) is 22.7 Å². The summed E-state index contributed by atoms with van der Waals surface area (Å²) in [6.45, 7) is 6.98. The minimum atomic E-state index is -0.222. The second-order valence-electron chi connectivity index (χ2n) is 5.47. The number of carbonyl (C=O) groups is 1. The minimum absolute atomic E-state index is 0.00730. The number of nitrogens with zero attached hydrogens (tertiary/aromatic N) is 2. The van der Waals surface area contributed by atoms with Crippen molar-refractivity contribution in [2.45, 2.75) is 32.8 Å². The molecule has 1 saturated heterocycles. The molecular formula is C16H20N2O2S2. The number of aromatic nitrogens is 1. The van der Waals surface area contributed by atoms with Gasteiger partial charge in [0.25, 0.3) is 0 Å². The van der Waals surface area contributed by atoms with E-state index in [-0.39, 0.29) is 12.1 Å². The molecule has 1 atom stereocenters. The summed E-state index contributed by atoms with van der Waals surface area (Å²) in [5.41, 5.74) is 0.765. The third-order valence-corrected chi connectivity index (χ3v) is 6.07. The summed E-state index contributed by atoms with van der Waals surface area (Å²) in [5.74, 6) is -0.222. The van der Waals surface area contributed by atoms with Crippen molar-refractivity contribution in [1.82, 2.24) is 9.88 Å². The SMILES string of the molecule is CCN1CCCC(OC(=O)c2sc(-c3cccs3)nc2C)C1. The number of thiophene rings is 1. The number of ether oxygens (including phenoxy) is 1. The standard InChI is InChI=1S/C16H20N2O2S2/c1-3-18-8-4-6-12(10-18)20-16(19)14-11(2)17-15(22-14)13-7-5-9-21-13/h5,7,9,12H,3-4,6,8,10H2,1-2H3. The average Bonchev–Trinajstić information content (AvgIpc) is 3.16. The van der Waals surface area contributed by atoms with Gasteiger partial charge < -0.3 is 4.74 Å². The number of likely N-dealkylation sites (N-methyl/N-ethyl adjacent to an activating group) is 1. The number of hydrogen-bond donors (Lipinski definition) is 0. The Balaban J connectivity index is 1.70. The molecule has 1 unspecified atom stereocenters. The lowest BCUT2D eigenvalue weighted by Gasteiger charge is -2.31. The molecule has 0 spiro atoms. The number of esters is 1. The van der Waals surface area contributed by atoms with Crippen molar-refractivity contribution in [1.29, 1.82) is 0 Å². The summed E-state index contributed by atoms with van der Waals surface area (Å²) in [7, 11) is 0. The molecule has 1 aliphatic rings. The first kappa shape index (κ1) is 15.6. The van der Waals surface area contributed by atoms with Crippen LogP contribution in [0, 0.1) is 6.92 Å². The van der Waals surface area contributed by atoms with Crippen molar-refractivity contribution in [2.24, 2.45) is 0 Å². The van der Waals surface area contributed by atoms with Gasteiger partial charge in [0.1, 0.15) is 16.0 Å². The topological polar surface area (TPSA) is 42.4 Å². The Bertz CT molecular complexity index is 637. The van der Waals surface area contributed by atoms with Gasteiger partial charge in [-0.05, 0) is 44.3 Å². The van der Waals surface area contributed by atoms with Crippen molar-refractivity contribution >= 4 is 28.6 Å². The van der Waals surface area contributed by atoms with Crippen molar-refractivity contribution < 1.29 is 9.53 Å². The summed E-state index contributed by atoms with van der Waals surface area (Å²) in [4.78, 5) is 21.0. The maximum atomic E-state index is 12.4. The first-order valence-corrected chi connectivity index (χ1v) is 9.31. The molecule has 0 saturated carbocycles. The monoisotopic (exact) mass is 336 g/mol. The zero-order valence-corrected chi connectivity index (χ0v) is 14.5. The van der Waals surface area contributed by atoms with Gasteiger partial charge in [0.15, 0.2) is 0 Å². The normalized spacial score (nSPS) is 19.3. The van der Waals surface area contributed by atoms with E-state index in [1.807, 2.05) is 24.4 Å². The largest absolute Gasteiger partial charge is 0.457 e. The van der Waals surface area contributed by atoms with Crippen LogP contribution in [0.15, 0.2) is 17.5 Å². The van der Waals surface area contributed by atoms with Crippen molar-refractivity contribution in [3.8, 4) is 9.88 Å². The van der Waals surface area contributed by atoms with Gasteiger partial charge in [-0.25, -0.2) is 9.78 Å². The summed E-state index contributed by atoms with van der Waals surface area (Å²) in [6.07, 6.45) is 2.05. The van der Waals surface area contributed by atoms with Crippen LogP contribution >= 0.6 is 22.7 Å². The van der Waals surface area contributed by atoms with Crippen molar-refractivity contribution in [3.05, 3.63) is 28.1 Å². The Hall–Kier alpha value is -1.24. The number of likely N-dealkylation sites (tertiary alicyclic amines) is 1. The molecule has 3 rings (SSSR count). The molecule has 0 aliphatic carbocycles. The molecule has 0 N–H and O–H groups in total. The second kappa shape index (κ2) is 6.89. The van der Waals surface area contributed by atoms with Gasteiger partial charge in [0.2, 0.25) is 0 Å². The molecular weight excluding hydrogens is 316 g/mol. The third-order valence-electron chi connectivity index (χ3n) is 3.90. The highest BCUT2D eigenvalue weighted by molar-refractivity contribution is 7.22. The molecule has 2 aromatic rings. The molecule has 0 radical (unpaired) electrons. The van der Waals surface area contributed by atoms with E-state index in [2.05, 4.69) is 16.8 Å². The highest BCUT2D eigenvalue weighted by atomic mass is 32.1. The molecule has 0 bridgehead atoms. The second-order valence-corrected chi connectivity index (χ2v) is 7.42. The lowest BCUT2D eigenvalue weighted by molar-refractivity contribution is 0.00815. The quantitative estimate of drug-likeness (QED) is 0.796. The Morgan fingerprint density at radius 1 is 1.55 bits per heavy atom. The Morgan fingerprint density at radius 2 is 2.41 bits per heavy atom. The van der Waals surface area contributed by atoms with Crippen LogP contribution in [0.5, 0.6) is 0 Å². The average molecular weight is 336 g/mol. The van der Waals surface area contributed by atoms with Gasteiger partial charge in [-0.1, -0.05) is 13.0 Å². The Labute approximate surface area is 138 Å². The van der Waals surface area contributed by atoms with E-state index >= 15 is 0 Å². The molecule has 118 valence electrons. The fourth-order valence-electron chi connectivity index (χ4n) is 2.69. The number of hydrogen-bond acceptors (Lipinski definition) is 6. The first-order chi connectivity index (χ1) is 10.7. The maximum absolute atomic E-state index is 12.4. The van der Waals surface area contributed by atoms with E-state index in [9.17, 15) is 4.79 Å². The van der Waals surface area contributed by atoms with Gasteiger partial charge in [-0.2, -0.15) is 0 Å². The maximum Gasteiger partial charge on any atom is 0.350 e. The van der Waals surface area contributed by atoms with Crippen LogP contribution in [0.25, 0.3) is 9.88 Å². The van der Waals surface area contributed by atoms with Gasteiger partial charge in [0, 0.05) is 6.54 Å². The van der Waals surface area contributed by atoms with E-state index < -0.39 is 0 Å². The van der Waals surface area contributed by atoms with Gasteiger partial charge >= 0.3 is 5.97 Å². The van der Waals surface area contributed by atoms with Crippen LogP contribution in [0.3, 0.4) is 0 Å². The molecule has 1 fully saturated rings. The lowest BCUT2D eigenvalue weighted by atomic mass is 10.1. The fraction of sp³-hybridized carbons (Fsp3) is 0.500. The zero-order chi connectivity index (χ0) is 15.5. The highest BCUT2D eigenvalue weighted by Gasteiger charge is 2.25. The Kier molecular flexibility index (Phi) is 4.90. The van der Waals surface area contributed by atoms with E-state index in [1.165, 1.54) is 11.3 Å². The summed E-state index contributed by atoms with van der Waals surface area (Å²) in [6, 6.07) is 4.02. The van der Waals surface area contributed by atoms with Crippen LogP contribution in [0.2, 0.25) is 0 Å². The molecule has 22 heavy (non-hydrogen) atoms. The van der Waals surface area contributed by atoms with Gasteiger partial charge in [0.05, 0.1) is 10.6 Å². The molecule has 1 aliphatic heterocycles. The predicted molar refractivity (Wildman–Crippen MR) is 90.7 cm³/mol. The van der Waals surface area contributed by atoms with E-state index in [0.29, 0.717) is 4.88 Å². The van der Waals surface area contributed by atoms with Crippen LogP contribution in [0.1, 0.15) is 35.1 Å². The Morgan fingerprint density at radius 3 is 3.14 bits per heavy atom.